The molecule has 0 saturated carbocycles. The largest absolute Gasteiger partial charge is 0.507 e. The highest BCUT2D eigenvalue weighted by Crippen LogP contribution is 2.28. The molecule has 1 N–H and O–H groups in total. The lowest BCUT2D eigenvalue weighted by molar-refractivity contribution is 0.0620. The van der Waals surface area contributed by atoms with E-state index in [1.165, 1.54) is 0 Å². The molecular weight excluding hydrogens is 262 g/mol. The molecule has 3 nitrogen and oxygen atoms in total. The van der Waals surface area contributed by atoms with Gasteiger partial charge in [-0.3, -0.25) is 4.79 Å². The fourth-order valence-electron chi connectivity index (χ4n) is 3.40. The second kappa shape index (κ2) is 5.40. The maximum atomic E-state index is 12.7. The van der Waals surface area contributed by atoms with Gasteiger partial charge in [-0.05, 0) is 41.2 Å². The molecule has 2 aromatic rings. The molecule has 3 rings (SSSR count). The molecule has 1 amide bonds. The lowest BCUT2D eigenvalue weighted by Gasteiger charge is -2.35. The van der Waals surface area contributed by atoms with Crippen LogP contribution in [0.2, 0.25) is 0 Å². The monoisotopic (exact) mass is 283 g/mol. The number of hydrogen-bond donors (Lipinski definition) is 1. The van der Waals surface area contributed by atoms with Gasteiger partial charge in [0.15, 0.2) is 0 Å². The van der Waals surface area contributed by atoms with Gasteiger partial charge in [-0.15, -0.1) is 0 Å². The first-order valence-electron chi connectivity index (χ1n) is 7.55. The maximum absolute atomic E-state index is 12.7. The predicted octanol–water partition coefficient (Wildman–Crippen LogP) is 3.66. The number of carbonyl (C=O) groups excluding carboxylic acids is 1. The number of amides is 1. The minimum atomic E-state index is -0.0587. The minimum Gasteiger partial charge on any atom is -0.507 e. The van der Waals surface area contributed by atoms with E-state index in [1.54, 1.807) is 12.1 Å². The third kappa shape index (κ3) is 2.73. The molecule has 2 unspecified atom stereocenters. The molecule has 0 aliphatic carbocycles. The van der Waals surface area contributed by atoms with Gasteiger partial charge in [0.1, 0.15) is 5.75 Å². The number of carbonyl (C=O) groups is 1. The zero-order valence-corrected chi connectivity index (χ0v) is 12.5. The van der Waals surface area contributed by atoms with Crippen molar-refractivity contribution in [1.82, 2.24) is 4.90 Å². The van der Waals surface area contributed by atoms with E-state index in [1.807, 2.05) is 29.2 Å². The lowest BCUT2D eigenvalue weighted by atomic mass is 9.91. The van der Waals surface area contributed by atoms with Gasteiger partial charge in [0.2, 0.25) is 0 Å². The highest BCUT2D eigenvalue weighted by Gasteiger charge is 2.27. The standard InChI is InChI=1S/C18H21NO2/c1-12-7-13(2)11-19(10-12)18(21)16-8-14-5-3-4-6-15(14)9-17(16)20/h3-6,8-9,12-13,20H,7,10-11H2,1-2H3. The van der Waals surface area contributed by atoms with Gasteiger partial charge < -0.3 is 10.0 Å². The molecular formula is C18H21NO2. The number of likely N-dealkylation sites (tertiary alicyclic amines) is 1. The van der Waals surface area contributed by atoms with Crippen LogP contribution in [0, 0.1) is 11.8 Å². The van der Waals surface area contributed by atoms with E-state index in [-0.39, 0.29) is 11.7 Å². The molecule has 21 heavy (non-hydrogen) atoms. The third-order valence-electron chi connectivity index (χ3n) is 4.25. The molecule has 1 fully saturated rings. The average molecular weight is 283 g/mol. The Labute approximate surface area is 125 Å². The first-order chi connectivity index (χ1) is 10.0. The van der Waals surface area contributed by atoms with Gasteiger partial charge in [-0.1, -0.05) is 38.1 Å². The molecule has 1 aliphatic rings. The van der Waals surface area contributed by atoms with Crippen molar-refractivity contribution < 1.29 is 9.90 Å². The number of piperidine rings is 1. The summed E-state index contributed by atoms with van der Waals surface area (Å²) in [6, 6.07) is 11.3. The van der Waals surface area contributed by atoms with Crippen LogP contribution in [0.25, 0.3) is 10.8 Å². The Balaban J connectivity index is 1.95. The summed E-state index contributed by atoms with van der Waals surface area (Å²) in [7, 11) is 0. The normalized spacial score (nSPS) is 22.5. The van der Waals surface area contributed by atoms with Gasteiger partial charge in [0.05, 0.1) is 5.56 Å². The summed E-state index contributed by atoms with van der Waals surface area (Å²) in [5, 5.41) is 12.1. The van der Waals surface area contributed by atoms with Crippen molar-refractivity contribution in [3.63, 3.8) is 0 Å². The van der Waals surface area contributed by atoms with Crippen LogP contribution >= 0.6 is 0 Å². The summed E-state index contributed by atoms with van der Waals surface area (Å²) in [6.45, 7) is 5.90. The number of phenolic OH excluding ortho intramolecular Hbond substituents is 1. The van der Waals surface area contributed by atoms with Crippen molar-refractivity contribution in [2.45, 2.75) is 20.3 Å². The summed E-state index contributed by atoms with van der Waals surface area (Å²) >= 11 is 0. The molecule has 0 spiro atoms. The van der Waals surface area contributed by atoms with E-state index in [0.717, 1.165) is 30.3 Å². The fraction of sp³-hybridized carbons (Fsp3) is 0.389. The average Bonchev–Trinajstić information content (AvgIpc) is 2.44. The van der Waals surface area contributed by atoms with Crippen molar-refractivity contribution in [3.05, 3.63) is 42.0 Å². The molecule has 0 radical (unpaired) electrons. The molecule has 2 atom stereocenters. The van der Waals surface area contributed by atoms with Crippen molar-refractivity contribution in [1.29, 1.82) is 0 Å². The highest BCUT2D eigenvalue weighted by atomic mass is 16.3. The summed E-state index contributed by atoms with van der Waals surface area (Å²) in [5.74, 6) is 1.04. The Morgan fingerprint density at radius 1 is 1.10 bits per heavy atom. The minimum absolute atomic E-state index is 0.0587. The Bertz CT molecular complexity index is 670. The van der Waals surface area contributed by atoms with Gasteiger partial charge in [0, 0.05) is 13.1 Å². The van der Waals surface area contributed by atoms with Crippen molar-refractivity contribution in [3.8, 4) is 5.75 Å². The summed E-state index contributed by atoms with van der Waals surface area (Å²) in [5.41, 5.74) is 0.412. The molecule has 3 heteroatoms. The fourth-order valence-corrected chi connectivity index (χ4v) is 3.40. The summed E-state index contributed by atoms with van der Waals surface area (Å²) in [6.07, 6.45) is 1.16. The van der Waals surface area contributed by atoms with Gasteiger partial charge >= 0.3 is 0 Å². The quantitative estimate of drug-likeness (QED) is 0.867. The predicted molar refractivity (Wildman–Crippen MR) is 84.5 cm³/mol. The first-order valence-corrected chi connectivity index (χ1v) is 7.55. The van der Waals surface area contributed by atoms with Crippen LogP contribution < -0.4 is 0 Å². The number of aromatic hydroxyl groups is 1. The third-order valence-corrected chi connectivity index (χ3v) is 4.25. The summed E-state index contributed by atoms with van der Waals surface area (Å²) in [4.78, 5) is 14.6. The van der Waals surface area contributed by atoms with Crippen LogP contribution in [0.15, 0.2) is 36.4 Å². The Morgan fingerprint density at radius 3 is 2.29 bits per heavy atom. The smallest absolute Gasteiger partial charge is 0.257 e. The number of rotatable bonds is 1. The van der Waals surface area contributed by atoms with Crippen LogP contribution in [0.5, 0.6) is 5.75 Å². The number of benzene rings is 2. The van der Waals surface area contributed by atoms with E-state index in [2.05, 4.69) is 13.8 Å². The number of fused-ring (bicyclic) bond motifs is 1. The van der Waals surface area contributed by atoms with Crippen molar-refractivity contribution in [2.24, 2.45) is 11.8 Å². The Kier molecular flexibility index (Phi) is 3.58. The van der Waals surface area contributed by atoms with Crippen LogP contribution in [-0.2, 0) is 0 Å². The van der Waals surface area contributed by atoms with Crippen LogP contribution in [0.4, 0.5) is 0 Å². The molecule has 1 heterocycles. The SMILES string of the molecule is CC1CC(C)CN(C(=O)c2cc3ccccc3cc2O)C1. The molecule has 2 aromatic carbocycles. The van der Waals surface area contributed by atoms with Crippen LogP contribution in [0.1, 0.15) is 30.6 Å². The Morgan fingerprint density at radius 2 is 1.67 bits per heavy atom. The van der Waals surface area contributed by atoms with E-state index in [0.29, 0.717) is 17.4 Å². The van der Waals surface area contributed by atoms with E-state index < -0.39 is 0 Å². The second-order valence-corrected chi connectivity index (χ2v) is 6.37. The maximum Gasteiger partial charge on any atom is 0.257 e. The summed E-state index contributed by atoms with van der Waals surface area (Å²) < 4.78 is 0. The van der Waals surface area contributed by atoms with Crippen molar-refractivity contribution >= 4 is 16.7 Å². The topological polar surface area (TPSA) is 40.5 Å². The second-order valence-electron chi connectivity index (χ2n) is 6.37. The number of phenols is 1. The van der Waals surface area contributed by atoms with Crippen LogP contribution in [0.3, 0.4) is 0 Å². The highest BCUT2D eigenvalue weighted by molar-refractivity contribution is 6.01. The van der Waals surface area contributed by atoms with Crippen molar-refractivity contribution in [2.75, 3.05) is 13.1 Å². The van der Waals surface area contributed by atoms with E-state index >= 15 is 0 Å². The van der Waals surface area contributed by atoms with E-state index in [4.69, 9.17) is 0 Å². The van der Waals surface area contributed by atoms with Crippen LogP contribution in [-0.4, -0.2) is 29.0 Å². The Hall–Kier alpha value is -2.03. The number of nitrogens with zero attached hydrogens (tertiary/aromatic N) is 1. The molecule has 1 saturated heterocycles. The van der Waals surface area contributed by atoms with E-state index in [9.17, 15) is 9.90 Å². The number of hydrogen-bond acceptors (Lipinski definition) is 2. The molecule has 1 aliphatic heterocycles. The molecule has 0 bridgehead atoms. The van der Waals surface area contributed by atoms with Gasteiger partial charge in [-0.25, -0.2) is 0 Å². The van der Waals surface area contributed by atoms with Gasteiger partial charge in [0.25, 0.3) is 5.91 Å². The lowest BCUT2D eigenvalue weighted by Crippen LogP contribution is -2.42. The molecule has 0 aromatic heterocycles. The zero-order valence-electron chi connectivity index (χ0n) is 12.5. The molecule has 110 valence electrons. The van der Waals surface area contributed by atoms with Gasteiger partial charge in [-0.2, -0.15) is 0 Å². The zero-order chi connectivity index (χ0) is 15.0. The first kappa shape index (κ1) is 13.9.